The molecule has 0 amide bonds. The molecule has 0 unspecified atom stereocenters. The van der Waals surface area contributed by atoms with Crippen molar-refractivity contribution in [3.8, 4) is 11.5 Å². The zero-order chi connectivity index (χ0) is 21.3. The molecule has 0 N–H and O–H groups in total. The summed E-state index contributed by atoms with van der Waals surface area (Å²) in [5.74, 6) is 0.993. The van der Waals surface area contributed by atoms with Crippen LogP contribution in [0, 0.1) is 0 Å². The Morgan fingerprint density at radius 3 is 2.48 bits per heavy atom. The van der Waals surface area contributed by atoms with Crippen LogP contribution in [0.4, 0.5) is 0 Å². The molecule has 29 heavy (non-hydrogen) atoms. The second-order valence-corrected chi connectivity index (χ2v) is 10.5. The fourth-order valence-electron chi connectivity index (χ4n) is 2.78. The maximum absolute atomic E-state index is 13.5. The number of ether oxygens (including phenoxy) is 2. The number of aromatic nitrogens is 1. The Hall–Kier alpha value is -1.26. The molecule has 0 aliphatic carbocycles. The Morgan fingerprint density at radius 1 is 1.14 bits per heavy atom. The number of halogens is 3. The van der Waals surface area contributed by atoms with Crippen molar-refractivity contribution < 1.29 is 17.9 Å². The normalized spacial score (nSPS) is 12.0. The maximum atomic E-state index is 13.5. The van der Waals surface area contributed by atoms with Crippen LogP contribution in [0.1, 0.15) is 0 Å². The van der Waals surface area contributed by atoms with Crippen LogP contribution in [-0.2, 0) is 10.0 Å². The third kappa shape index (κ3) is 4.59. The Bertz CT molecular complexity index is 1160. The first-order valence-electron chi connectivity index (χ1n) is 8.52. The Kier molecular flexibility index (Phi) is 6.84. The number of nitrogens with zero attached hydrogens (tertiary/aromatic N) is 2. The average molecular weight is 567 g/mol. The molecule has 0 saturated heterocycles. The smallest absolute Gasteiger partial charge is 0.269 e. The van der Waals surface area contributed by atoms with Gasteiger partial charge in [-0.25, -0.2) is 12.4 Å². The van der Waals surface area contributed by atoms with Gasteiger partial charge in [0.2, 0.25) is 0 Å². The van der Waals surface area contributed by atoms with Gasteiger partial charge in [0.1, 0.15) is 23.0 Å². The fraction of sp³-hybridized carbons (Fsp3) is 0.263. The topological polar surface area (TPSA) is 60.8 Å². The predicted octanol–water partition coefficient (Wildman–Crippen LogP) is 5.01. The third-order valence-electron chi connectivity index (χ3n) is 4.22. The monoisotopic (exact) mass is 564 g/mol. The fourth-order valence-corrected chi connectivity index (χ4v) is 6.30. The summed E-state index contributed by atoms with van der Waals surface area (Å²) in [5, 5.41) is 1.08. The number of fused-ring (bicyclic) bond motifs is 1. The third-order valence-corrected chi connectivity index (χ3v) is 7.68. The lowest BCUT2D eigenvalue weighted by molar-refractivity contribution is 0.263. The van der Waals surface area contributed by atoms with Gasteiger partial charge in [-0.1, -0.05) is 11.6 Å². The Balaban J connectivity index is 2.18. The van der Waals surface area contributed by atoms with E-state index in [4.69, 9.17) is 21.1 Å². The van der Waals surface area contributed by atoms with E-state index < -0.39 is 10.0 Å². The van der Waals surface area contributed by atoms with E-state index in [2.05, 4.69) is 31.9 Å². The Labute approximate surface area is 191 Å². The highest BCUT2D eigenvalue weighted by Gasteiger charge is 2.26. The molecule has 0 fully saturated rings. The quantitative estimate of drug-likeness (QED) is 0.403. The summed E-state index contributed by atoms with van der Waals surface area (Å²) < 4.78 is 40.2. The largest absolute Gasteiger partial charge is 0.497 e. The molecule has 0 aliphatic heterocycles. The van der Waals surface area contributed by atoms with Crippen LogP contribution in [0.2, 0.25) is 5.02 Å². The molecular formula is C19H19Br2ClN2O4S. The van der Waals surface area contributed by atoms with Gasteiger partial charge in [-0.3, -0.25) is 0 Å². The van der Waals surface area contributed by atoms with Gasteiger partial charge < -0.3 is 14.4 Å². The lowest BCUT2D eigenvalue weighted by Crippen LogP contribution is -2.19. The summed E-state index contributed by atoms with van der Waals surface area (Å²) in [7, 11) is 1.47. The standard InChI is InChI=1S/C19H19Br2ClN2O4S/c1-23(2)6-7-28-17-11-24(19-14(17)8-12(22)9-16(19)21)29(25,26)18-5-4-13(27-3)10-15(18)20/h4-5,8-11H,6-7H2,1-3H3. The van der Waals surface area contributed by atoms with Crippen LogP contribution in [0.15, 0.2) is 50.4 Å². The lowest BCUT2D eigenvalue weighted by atomic mass is 10.2. The molecule has 1 aromatic heterocycles. The molecule has 156 valence electrons. The van der Waals surface area contributed by atoms with E-state index in [1.807, 2.05) is 19.0 Å². The Morgan fingerprint density at radius 2 is 1.86 bits per heavy atom. The van der Waals surface area contributed by atoms with E-state index in [9.17, 15) is 8.42 Å². The number of rotatable bonds is 7. The van der Waals surface area contributed by atoms with Gasteiger partial charge in [-0.15, -0.1) is 0 Å². The summed E-state index contributed by atoms with van der Waals surface area (Å²) in [6, 6.07) is 8.06. The van der Waals surface area contributed by atoms with Crippen LogP contribution in [0.3, 0.4) is 0 Å². The molecule has 0 aliphatic rings. The van der Waals surface area contributed by atoms with Crippen molar-refractivity contribution >= 4 is 64.4 Å². The first kappa shape index (κ1) is 22.4. The van der Waals surface area contributed by atoms with Crippen molar-refractivity contribution in [1.82, 2.24) is 8.87 Å². The van der Waals surface area contributed by atoms with Crippen LogP contribution in [0.25, 0.3) is 10.9 Å². The number of likely N-dealkylation sites (N-methyl/N-ethyl adjacent to an activating group) is 1. The van der Waals surface area contributed by atoms with E-state index in [-0.39, 0.29) is 4.90 Å². The number of hydrogen-bond donors (Lipinski definition) is 0. The van der Waals surface area contributed by atoms with Crippen LogP contribution in [-0.4, -0.2) is 51.6 Å². The number of benzene rings is 2. The zero-order valence-corrected chi connectivity index (χ0v) is 20.7. The first-order chi connectivity index (χ1) is 13.6. The molecule has 0 bridgehead atoms. The van der Waals surface area contributed by atoms with Gasteiger partial charge in [-0.05, 0) is 76.3 Å². The second kappa shape index (κ2) is 8.85. The number of methoxy groups -OCH3 is 1. The van der Waals surface area contributed by atoms with Gasteiger partial charge in [0.05, 0.1) is 18.8 Å². The summed E-state index contributed by atoms with van der Waals surface area (Å²) in [6.07, 6.45) is 1.48. The highest BCUT2D eigenvalue weighted by Crippen LogP contribution is 2.39. The highest BCUT2D eigenvalue weighted by molar-refractivity contribution is 9.11. The summed E-state index contributed by atoms with van der Waals surface area (Å²) in [5.41, 5.74) is 0.456. The molecule has 3 rings (SSSR count). The molecule has 0 saturated carbocycles. The van der Waals surface area contributed by atoms with E-state index in [0.717, 1.165) is 0 Å². The van der Waals surface area contributed by atoms with Crippen LogP contribution >= 0.6 is 43.5 Å². The minimum atomic E-state index is -3.93. The summed E-state index contributed by atoms with van der Waals surface area (Å²) in [6.45, 7) is 1.09. The van der Waals surface area contributed by atoms with Gasteiger partial charge in [0.25, 0.3) is 10.0 Å². The van der Waals surface area contributed by atoms with E-state index in [0.29, 0.717) is 49.5 Å². The van der Waals surface area contributed by atoms with Gasteiger partial charge in [0.15, 0.2) is 0 Å². The number of hydrogen-bond acceptors (Lipinski definition) is 5. The molecule has 0 spiro atoms. The van der Waals surface area contributed by atoms with Crippen LogP contribution < -0.4 is 9.47 Å². The molecule has 10 heteroatoms. The van der Waals surface area contributed by atoms with Crippen molar-refractivity contribution in [2.45, 2.75) is 4.90 Å². The van der Waals surface area contributed by atoms with Crippen LogP contribution in [0.5, 0.6) is 11.5 Å². The van der Waals surface area contributed by atoms with Crippen molar-refractivity contribution in [2.75, 3.05) is 34.4 Å². The van der Waals surface area contributed by atoms with Crippen molar-refractivity contribution in [3.05, 3.63) is 50.5 Å². The van der Waals surface area contributed by atoms with Gasteiger partial charge >= 0.3 is 0 Å². The molecule has 6 nitrogen and oxygen atoms in total. The van der Waals surface area contributed by atoms with Crippen molar-refractivity contribution in [2.24, 2.45) is 0 Å². The minimum Gasteiger partial charge on any atom is -0.497 e. The molecule has 3 aromatic rings. The zero-order valence-electron chi connectivity index (χ0n) is 15.9. The summed E-state index contributed by atoms with van der Waals surface area (Å²) >= 11 is 13.0. The van der Waals surface area contributed by atoms with E-state index >= 15 is 0 Å². The first-order valence-corrected chi connectivity index (χ1v) is 11.9. The SMILES string of the molecule is COc1ccc(S(=O)(=O)n2cc(OCCN(C)C)c3cc(Cl)cc(Br)c32)c(Br)c1. The van der Waals surface area contributed by atoms with Gasteiger partial charge in [-0.2, -0.15) is 0 Å². The molecule has 2 aromatic carbocycles. The van der Waals surface area contributed by atoms with Crippen molar-refractivity contribution in [3.63, 3.8) is 0 Å². The highest BCUT2D eigenvalue weighted by atomic mass is 79.9. The molecule has 0 radical (unpaired) electrons. The van der Waals surface area contributed by atoms with E-state index in [1.165, 1.54) is 23.3 Å². The van der Waals surface area contributed by atoms with Crippen molar-refractivity contribution in [1.29, 1.82) is 0 Å². The average Bonchev–Trinajstić information content (AvgIpc) is 3.00. The maximum Gasteiger partial charge on any atom is 0.269 e. The molecule has 0 atom stereocenters. The second-order valence-electron chi connectivity index (χ2n) is 6.53. The molecular weight excluding hydrogens is 548 g/mol. The predicted molar refractivity (Wildman–Crippen MR) is 122 cm³/mol. The lowest BCUT2D eigenvalue weighted by Gasteiger charge is -2.11. The summed E-state index contributed by atoms with van der Waals surface area (Å²) in [4.78, 5) is 2.09. The van der Waals surface area contributed by atoms with Gasteiger partial charge in [0, 0.05) is 25.9 Å². The van der Waals surface area contributed by atoms with E-state index in [1.54, 1.807) is 24.3 Å². The molecule has 1 heterocycles. The minimum absolute atomic E-state index is 0.108.